The van der Waals surface area contributed by atoms with E-state index in [9.17, 15) is 9.59 Å². The van der Waals surface area contributed by atoms with Crippen LogP contribution in [-0.2, 0) is 20.9 Å². The van der Waals surface area contributed by atoms with Crippen LogP contribution in [0.5, 0.6) is 0 Å². The van der Waals surface area contributed by atoms with Crippen molar-refractivity contribution in [2.24, 2.45) is 0 Å². The number of amides is 1. The van der Waals surface area contributed by atoms with Gasteiger partial charge in [-0.1, -0.05) is 30.3 Å². The Labute approximate surface area is 112 Å². The fourth-order valence-corrected chi connectivity index (χ4v) is 1.47. The summed E-state index contributed by atoms with van der Waals surface area (Å²) in [5.41, 5.74) is 1.01. The molecule has 0 bridgehead atoms. The highest BCUT2D eigenvalue weighted by Crippen LogP contribution is 2.03. The third-order valence-corrected chi connectivity index (χ3v) is 2.58. The van der Waals surface area contributed by atoms with E-state index < -0.39 is 12.1 Å². The van der Waals surface area contributed by atoms with E-state index in [-0.39, 0.29) is 12.3 Å². The summed E-state index contributed by atoms with van der Waals surface area (Å²) in [5, 5.41) is 11.1. The third kappa shape index (κ3) is 6.57. The van der Waals surface area contributed by atoms with Crippen LogP contribution >= 0.6 is 0 Å². The van der Waals surface area contributed by atoms with Crippen molar-refractivity contribution in [2.75, 3.05) is 6.54 Å². The lowest BCUT2D eigenvalue weighted by Crippen LogP contribution is -2.35. The largest absolute Gasteiger partial charge is 0.481 e. The van der Waals surface area contributed by atoms with Crippen LogP contribution in [0.3, 0.4) is 0 Å². The monoisotopic (exact) mass is 265 g/mol. The Morgan fingerprint density at radius 3 is 2.63 bits per heavy atom. The summed E-state index contributed by atoms with van der Waals surface area (Å²) in [6.07, 6.45) is -0.0727. The van der Waals surface area contributed by atoms with Gasteiger partial charge in [-0.25, -0.2) is 0 Å². The first kappa shape index (κ1) is 15.2. The van der Waals surface area contributed by atoms with E-state index in [1.165, 1.54) is 0 Å². The molecule has 5 heteroatoms. The molecule has 5 nitrogen and oxygen atoms in total. The molecule has 1 aromatic rings. The van der Waals surface area contributed by atoms with Crippen LogP contribution in [0.4, 0.5) is 0 Å². The second-order valence-corrected chi connectivity index (χ2v) is 4.23. The van der Waals surface area contributed by atoms with Gasteiger partial charge in [0.25, 0.3) is 0 Å². The Hall–Kier alpha value is -1.88. The molecule has 1 aromatic carbocycles. The normalized spacial score (nSPS) is 11.8. The lowest BCUT2D eigenvalue weighted by atomic mass is 10.2. The quantitative estimate of drug-likeness (QED) is 0.700. The van der Waals surface area contributed by atoms with Crippen LogP contribution in [0.15, 0.2) is 30.3 Å². The van der Waals surface area contributed by atoms with Crippen molar-refractivity contribution >= 4 is 11.9 Å². The van der Waals surface area contributed by atoms with E-state index in [4.69, 9.17) is 9.84 Å². The molecule has 0 aliphatic heterocycles. The summed E-state index contributed by atoms with van der Waals surface area (Å²) in [6, 6.07) is 9.60. The predicted octanol–water partition coefficient (Wildman–Crippen LogP) is 1.57. The second kappa shape index (κ2) is 8.26. The van der Waals surface area contributed by atoms with Crippen LogP contribution in [0, 0.1) is 0 Å². The Morgan fingerprint density at radius 1 is 1.32 bits per heavy atom. The van der Waals surface area contributed by atoms with Gasteiger partial charge in [0.15, 0.2) is 0 Å². The van der Waals surface area contributed by atoms with E-state index in [0.29, 0.717) is 19.6 Å². The molecule has 0 spiro atoms. The number of aliphatic carboxylic acids is 1. The number of nitrogens with one attached hydrogen (secondary N) is 1. The molecule has 0 fully saturated rings. The van der Waals surface area contributed by atoms with Crippen LogP contribution in [0.25, 0.3) is 0 Å². The molecule has 1 rings (SSSR count). The number of hydrogen-bond donors (Lipinski definition) is 2. The van der Waals surface area contributed by atoms with Gasteiger partial charge in [-0.15, -0.1) is 0 Å². The van der Waals surface area contributed by atoms with Gasteiger partial charge >= 0.3 is 5.97 Å². The highest BCUT2D eigenvalue weighted by atomic mass is 16.5. The molecule has 0 aliphatic carbocycles. The van der Waals surface area contributed by atoms with Crippen LogP contribution in [0.2, 0.25) is 0 Å². The number of carboxylic acids is 1. The number of ether oxygens (including phenoxy) is 1. The summed E-state index contributed by atoms with van der Waals surface area (Å²) in [6.45, 7) is 2.41. The van der Waals surface area contributed by atoms with Gasteiger partial charge in [-0.2, -0.15) is 0 Å². The molecule has 1 amide bonds. The topological polar surface area (TPSA) is 75.6 Å². The third-order valence-electron chi connectivity index (χ3n) is 2.58. The minimum atomic E-state index is -0.859. The van der Waals surface area contributed by atoms with Crippen molar-refractivity contribution in [3.63, 3.8) is 0 Å². The first-order valence-electron chi connectivity index (χ1n) is 6.24. The predicted molar refractivity (Wildman–Crippen MR) is 70.6 cm³/mol. The molecule has 1 atom stereocenters. The van der Waals surface area contributed by atoms with Crippen molar-refractivity contribution in [3.8, 4) is 0 Å². The molecule has 0 saturated carbocycles. The zero-order valence-corrected chi connectivity index (χ0v) is 11.0. The Morgan fingerprint density at radius 2 is 2.00 bits per heavy atom. The van der Waals surface area contributed by atoms with Gasteiger partial charge in [-0.05, 0) is 18.9 Å². The Balaban J connectivity index is 2.20. The van der Waals surface area contributed by atoms with E-state index >= 15 is 0 Å². The van der Waals surface area contributed by atoms with Crippen molar-refractivity contribution in [1.82, 2.24) is 5.32 Å². The Kier molecular flexibility index (Phi) is 6.60. The molecule has 104 valence electrons. The summed E-state index contributed by atoms with van der Waals surface area (Å²) < 4.78 is 5.44. The van der Waals surface area contributed by atoms with Crippen LogP contribution in [-0.4, -0.2) is 29.6 Å². The maximum absolute atomic E-state index is 11.6. The molecule has 2 N–H and O–H groups in total. The van der Waals surface area contributed by atoms with Crippen LogP contribution in [0.1, 0.15) is 25.3 Å². The standard InChI is InChI=1S/C14H19NO4/c1-11(14(18)15-9-5-8-13(16)17)19-10-12-6-3-2-4-7-12/h2-4,6-7,11H,5,8-10H2,1H3,(H,15,18)(H,16,17). The van der Waals surface area contributed by atoms with Gasteiger partial charge in [-0.3, -0.25) is 9.59 Å². The average molecular weight is 265 g/mol. The van der Waals surface area contributed by atoms with Gasteiger partial charge in [0.1, 0.15) is 6.10 Å². The van der Waals surface area contributed by atoms with Crippen molar-refractivity contribution in [3.05, 3.63) is 35.9 Å². The van der Waals surface area contributed by atoms with Gasteiger partial charge in [0, 0.05) is 13.0 Å². The number of hydrogen-bond acceptors (Lipinski definition) is 3. The van der Waals surface area contributed by atoms with Crippen molar-refractivity contribution < 1.29 is 19.4 Å². The molecule has 19 heavy (non-hydrogen) atoms. The fourth-order valence-electron chi connectivity index (χ4n) is 1.47. The molecule has 1 unspecified atom stereocenters. The molecule has 0 saturated heterocycles. The minimum absolute atomic E-state index is 0.0551. The minimum Gasteiger partial charge on any atom is -0.481 e. The van der Waals surface area contributed by atoms with Gasteiger partial charge in [0.2, 0.25) is 5.91 Å². The first-order valence-corrected chi connectivity index (χ1v) is 6.24. The van der Waals surface area contributed by atoms with E-state index in [1.54, 1.807) is 6.92 Å². The summed E-state index contributed by atoms with van der Waals surface area (Å²) in [4.78, 5) is 21.9. The molecule has 0 aromatic heterocycles. The maximum Gasteiger partial charge on any atom is 0.303 e. The van der Waals surface area contributed by atoms with E-state index in [1.807, 2.05) is 30.3 Å². The smallest absolute Gasteiger partial charge is 0.303 e. The van der Waals surface area contributed by atoms with E-state index in [2.05, 4.69) is 5.32 Å². The highest BCUT2D eigenvalue weighted by molar-refractivity contribution is 5.80. The molecule has 0 aliphatic rings. The van der Waals surface area contributed by atoms with Crippen LogP contribution < -0.4 is 5.32 Å². The lowest BCUT2D eigenvalue weighted by molar-refractivity contribution is -0.137. The van der Waals surface area contributed by atoms with Crippen molar-refractivity contribution in [1.29, 1.82) is 0 Å². The summed E-state index contributed by atoms with van der Waals surface area (Å²) in [5.74, 6) is -1.08. The Bertz CT molecular complexity index is 405. The maximum atomic E-state index is 11.6. The zero-order chi connectivity index (χ0) is 14.1. The second-order valence-electron chi connectivity index (χ2n) is 4.23. The molecular weight excluding hydrogens is 246 g/mol. The molecular formula is C14H19NO4. The number of carbonyl (C=O) groups excluding carboxylic acids is 1. The molecule has 0 radical (unpaired) electrons. The fraction of sp³-hybridized carbons (Fsp3) is 0.429. The van der Waals surface area contributed by atoms with Crippen molar-refractivity contribution in [2.45, 2.75) is 32.5 Å². The van der Waals surface area contributed by atoms with Gasteiger partial charge in [0.05, 0.1) is 6.61 Å². The molecule has 0 heterocycles. The number of rotatable bonds is 8. The summed E-state index contributed by atoms with van der Waals surface area (Å²) >= 11 is 0. The first-order chi connectivity index (χ1) is 9.09. The number of carbonyl (C=O) groups is 2. The summed E-state index contributed by atoms with van der Waals surface area (Å²) in [7, 11) is 0. The van der Waals surface area contributed by atoms with E-state index in [0.717, 1.165) is 5.56 Å². The average Bonchev–Trinajstić information content (AvgIpc) is 2.41. The number of carboxylic acid groups (broad SMARTS) is 1. The zero-order valence-electron chi connectivity index (χ0n) is 11.0. The lowest BCUT2D eigenvalue weighted by Gasteiger charge is -2.13. The SMILES string of the molecule is CC(OCc1ccccc1)C(=O)NCCCC(=O)O. The van der Waals surface area contributed by atoms with Gasteiger partial charge < -0.3 is 15.2 Å². The number of benzene rings is 1. The highest BCUT2D eigenvalue weighted by Gasteiger charge is 2.12.